The highest BCUT2D eigenvalue weighted by molar-refractivity contribution is 7.89. The van der Waals surface area contributed by atoms with Gasteiger partial charge in [0.1, 0.15) is 4.90 Å². The predicted molar refractivity (Wildman–Crippen MR) is 77.0 cm³/mol. The average molecular weight is 323 g/mol. The Bertz CT molecular complexity index is 798. The van der Waals surface area contributed by atoms with Crippen molar-refractivity contribution >= 4 is 21.6 Å². The Morgan fingerprint density at radius 1 is 1.33 bits per heavy atom. The highest BCUT2D eigenvalue weighted by Crippen LogP contribution is 2.22. The van der Waals surface area contributed by atoms with Crippen molar-refractivity contribution in [3.05, 3.63) is 52.6 Å². The van der Waals surface area contributed by atoms with E-state index in [-0.39, 0.29) is 22.0 Å². The molecule has 108 valence electrons. The number of rotatable bonds is 4. The van der Waals surface area contributed by atoms with Gasteiger partial charge in [0, 0.05) is 6.20 Å². The van der Waals surface area contributed by atoms with Gasteiger partial charge in [-0.1, -0.05) is 11.6 Å². The van der Waals surface area contributed by atoms with Crippen LogP contribution in [-0.2, 0) is 16.6 Å². The van der Waals surface area contributed by atoms with Gasteiger partial charge in [-0.2, -0.15) is 5.26 Å². The Morgan fingerprint density at radius 2 is 2.10 bits per heavy atom. The van der Waals surface area contributed by atoms with Crippen LogP contribution in [0.1, 0.15) is 17.0 Å². The summed E-state index contributed by atoms with van der Waals surface area (Å²) in [6.07, 6.45) is 3.04. The highest BCUT2D eigenvalue weighted by atomic mass is 35.5. The van der Waals surface area contributed by atoms with E-state index in [2.05, 4.69) is 14.7 Å². The zero-order chi connectivity index (χ0) is 15.5. The Morgan fingerprint density at radius 3 is 2.71 bits per heavy atom. The summed E-state index contributed by atoms with van der Waals surface area (Å²) < 4.78 is 26.8. The molecule has 2 rings (SSSR count). The van der Waals surface area contributed by atoms with E-state index in [0.29, 0.717) is 5.69 Å². The second-order valence-electron chi connectivity index (χ2n) is 4.23. The first kappa shape index (κ1) is 15.4. The number of aromatic nitrogens is 2. The summed E-state index contributed by atoms with van der Waals surface area (Å²) in [7, 11) is -3.83. The molecule has 0 aliphatic heterocycles. The molecule has 0 aliphatic carbocycles. The van der Waals surface area contributed by atoms with Crippen LogP contribution in [0.4, 0.5) is 0 Å². The maximum atomic E-state index is 12.2. The van der Waals surface area contributed by atoms with Crippen molar-refractivity contribution in [2.45, 2.75) is 18.4 Å². The Labute approximate surface area is 127 Å². The van der Waals surface area contributed by atoms with E-state index in [1.807, 2.05) is 6.07 Å². The second kappa shape index (κ2) is 6.18. The predicted octanol–water partition coefficient (Wildman–Crippen LogP) is 1.79. The van der Waals surface area contributed by atoms with E-state index in [9.17, 15) is 8.42 Å². The lowest BCUT2D eigenvalue weighted by molar-refractivity contribution is 0.580. The van der Waals surface area contributed by atoms with Gasteiger partial charge in [-0.05, 0) is 25.1 Å². The molecule has 0 amide bonds. The molecule has 21 heavy (non-hydrogen) atoms. The van der Waals surface area contributed by atoms with Crippen LogP contribution in [0.5, 0.6) is 0 Å². The first-order valence-corrected chi connectivity index (χ1v) is 7.75. The molecule has 1 heterocycles. The molecule has 8 heteroatoms. The van der Waals surface area contributed by atoms with E-state index in [0.717, 1.165) is 5.69 Å². The molecule has 0 unspecified atom stereocenters. The molecule has 6 nitrogen and oxygen atoms in total. The first-order valence-electron chi connectivity index (χ1n) is 5.89. The molecule has 1 aromatic heterocycles. The fraction of sp³-hybridized carbons (Fsp3) is 0.154. The number of nitrogens with zero attached hydrogens (tertiary/aromatic N) is 3. The maximum Gasteiger partial charge on any atom is 0.242 e. The number of sulfonamides is 1. The maximum absolute atomic E-state index is 12.2. The summed E-state index contributed by atoms with van der Waals surface area (Å²) in [6, 6.07) is 5.93. The minimum absolute atomic E-state index is 0.0112. The molecule has 1 aromatic carbocycles. The molecular weight excluding hydrogens is 312 g/mol. The third-order valence-electron chi connectivity index (χ3n) is 2.63. The Kier molecular flexibility index (Phi) is 4.53. The Hall–Kier alpha value is -2.01. The average Bonchev–Trinajstić information content (AvgIpc) is 2.47. The quantitative estimate of drug-likeness (QED) is 0.925. The fourth-order valence-electron chi connectivity index (χ4n) is 1.54. The summed E-state index contributed by atoms with van der Waals surface area (Å²) in [5, 5.41) is 8.88. The molecule has 0 saturated heterocycles. The topological polar surface area (TPSA) is 95.7 Å². The minimum Gasteiger partial charge on any atom is -0.258 e. The third-order valence-corrected chi connectivity index (χ3v) is 4.51. The van der Waals surface area contributed by atoms with Gasteiger partial charge >= 0.3 is 0 Å². The van der Waals surface area contributed by atoms with E-state index in [4.69, 9.17) is 16.9 Å². The summed E-state index contributed by atoms with van der Waals surface area (Å²) in [4.78, 5) is 7.95. The van der Waals surface area contributed by atoms with Crippen molar-refractivity contribution in [1.29, 1.82) is 5.26 Å². The van der Waals surface area contributed by atoms with Gasteiger partial charge in [0.2, 0.25) is 10.0 Å². The smallest absolute Gasteiger partial charge is 0.242 e. The minimum atomic E-state index is -3.83. The summed E-state index contributed by atoms with van der Waals surface area (Å²) >= 11 is 5.88. The van der Waals surface area contributed by atoms with Crippen LogP contribution in [0.25, 0.3) is 0 Å². The van der Waals surface area contributed by atoms with Crippen LogP contribution in [0.15, 0.2) is 35.5 Å². The molecule has 0 saturated carbocycles. The second-order valence-corrected chi connectivity index (χ2v) is 6.37. The normalized spacial score (nSPS) is 11.1. The number of nitrogens with one attached hydrogen (secondary N) is 1. The monoisotopic (exact) mass is 322 g/mol. The van der Waals surface area contributed by atoms with Gasteiger partial charge < -0.3 is 0 Å². The van der Waals surface area contributed by atoms with Crippen LogP contribution < -0.4 is 4.72 Å². The van der Waals surface area contributed by atoms with Gasteiger partial charge in [0.25, 0.3) is 0 Å². The van der Waals surface area contributed by atoms with E-state index in [1.165, 1.54) is 24.4 Å². The summed E-state index contributed by atoms with van der Waals surface area (Å²) in [6.45, 7) is 1.77. The van der Waals surface area contributed by atoms with Crippen molar-refractivity contribution in [2.24, 2.45) is 0 Å². The van der Waals surface area contributed by atoms with Crippen molar-refractivity contribution in [3.8, 4) is 6.07 Å². The van der Waals surface area contributed by atoms with Crippen LogP contribution in [0.3, 0.4) is 0 Å². The van der Waals surface area contributed by atoms with Crippen LogP contribution in [-0.4, -0.2) is 18.4 Å². The van der Waals surface area contributed by atoms with Gasteiger partial charge in [-0.15, -0.1) is 0 Å². The third kappa shape index (κ3) is 3.76. The lowest BCUT2D eigenvalue weighted by Crippen LogP contribution is -2.24. The molecule has 1 N–H and O–H groups in total. The number of aryl methyl sites for hydroxylation is 1. The highest BCUT2D eigenvalue weighted by Gasteiger charge is 2.18. The van der Waals surface area contributed by atoms with Crippen LogP contribution in [0, 0.1) is 18.3 Å². The van der Waals surface area contributed by atoms with Crippen molar-refractivity contribution in [1.82, 2.24) is 14.7 Å². The van der Waals surface area contributed by atoms with Gasteiger partial charge in [-0.25, -0.2) is 13.1 Å². The van der Waals surface area contributed by atoms with Gasteiger partial charge in [-0.3, -0.25) is 9.97 Å². The SMILES string of the molecule is Cc1cnc(CNS(=O)(=O)c2cc(C#N)ccc2Cl)cn1. The molecule has 0 aliphatic rings. The Balaban J connectivity index is 2.23. The van der Waals surface area contributed by atoms with Crippen molar-refractivity contribution in [2.75, 3.05) is 0 Å². The molecule has 0 atom stereocenters. The lowest BCUT2D eigenvalue weighted by atomic mass is 10.2. The number of nitriles is 1. The molecular formula is C13H11ClN4O2S. The van der Waals surface area contributed by atoms with E-state index < -0.39 is 10.0 Å². The number of hydrogen-bond donors (Lipinski definition) is 1. The molecule has 0 radical (unpaired) electrons. The zero-order valence-corrected chi connectivity index (χ0v) is 12.6. The molecule has 0 spiro atoms. The molecule has 0 bridgehead atoms. The van der Waals surface area contributed by atoms with Gasteiger partial charge in [0.15, 0.2) is 0 Å². The first-order chi connectivity index (χ1) is 9.92. The van der Waals surface area contributed by atoms with Gasteiger partial charge in [0.05, 0.1) is 40.8 Å². The number of hydrogen-bond acceptors (Lipinski definition) is 5. The van der Waals surface area contributed by atoms with Crippen LogP contribution in [0.2, 0.25) is 5.02 Å². The zero-order valence-electron chi connectivity index (χ0n) is 11.0. The lowest BCUT2D eigenvalue weighted by Gasteiger charge is -2.08. The summed E-state index contributed by atoms with van der Waals surface area (Å²) in [5.74, 6) is 0. The number of benzene rings is 1. The number of halogens is 1. The van der Waals surface area contributed by atoms with E-state index in [1.54, 1.807) is 13.1 Å². The van der Waals surface area contributed by atoms with Crippen molar-refractivity contribution < 1.29 is 8.42 Å². The fourth-order valence-corrected chi connectivity index (χ4v) is 3.06. The van der Waals surface area contributed by atoms with E-state index >= 15 is 0 Å². The van der Waals surface area contributed by atoms with Crippen molar-refractivity contribution in [3.63, 3.8) is 0 Å². The molecule has 0 fully saturated rings. The van der Waals surface area contributed by atoms with Crippen LogP contribution >= 0.6 is 11.6 Å². The standard InChI is InChI=1S/C13H11ClN4O2S/c1-9-6-17-11(7-16-9)8-18-21(19,20)13-4-10(5-15)2-3-12(13)14/h2-4,6-7,18H,8H2,1H3. The molecule has 2 aromatic rings. The summed E-state index contributed by atoms with van der Waals surface area (Å²) in [5.41, 5.74) is 1.44. The largest absolute Gasteiger partial charge is 0.258 e.